The maximum absolute atomic E-state index is 12.6. The molecular formula is C19H25F3N2O3. The molecule has 1 unspecified atom stereocenters. The minimum absolute atomic E-state index is 0.214. The number of carbonyl (C=O) groups excluding carboxylic acids is 2. The predicted octanol–water partition coefficient (Wildman–Crippen LogP) is 3.25. The van der Waals surface area contributed by atoms with E-state index in [-0.39, 0.29) is 37.8 Å². The Morgan fingerprint density at radius 3 is 2.30 bits per heavy atom. The lowest BCUT2D eigenvalue weighted by atomic mass is 10.0. The minimum Gasteiger partial charge on any atom is -0.481 e. The van der Waals surface area contributed by atoms with Crippen LogP contribution in [0.25, 0.3) is 0 Å². The summed E-state index contributed by atoms with van der Waals surface area (Å²) in [5.41, 5.74) is 1.01. The highest BCUT2D eigenvalue weighted by Gasteiger charge is 2.40. The molecule has 0 bridgehead atoms. The van der Waals surface area contributed by atoms with Crippen molar-refractivity contribution in [3.63, 3.8) is 0 Å². The minimum atomic E-state index is -4.89. The second kappa shape index (κ2) is 8.63. The van der Waals surface area contributed by atoms with Gasteiger partial charge in [-0.15, -0.1) is 0 Å². The lowest BCUT2D eigenvalue weighted by Crippen LogP contribution is -2.51. The van der Waals surface area contributed by atoms with Gasteiger partial charge in [0.1, 0.15) is 5.75 Å². The summed E-state index contributed by atoms with van der Waals surface area (Å²) >= 11 is 0. The van der Waals surface area contributed by atoms with Crippen molar-refractivity contribution < 1.29 is 27.5 Å². The number of hydrogen-bond acceptors (Lipinski definition) is 3. The zero-order valence-corrected chi connectivity index (χ0v) is 15.7. The van der Waals surface area contributed by atoms with Crippen LogP contribution in [0.4, 0.5) is 13.2 Å². The molecule has 27 heavy (non-hydrogen) atoms. The van der Waals surface area contributed by atoms with Gasteiger partial charge in [0, 0.05) is 19.1 Å². The van der Waals surface area contributed by atoms with Gasteiger partial charge in [-0.1, -0.05) is 32.0 Å². The standard InChI is InChI=1S/C19H25F3N2O3/c1-12(2)15-6-4-5-7-16(15)27-13(3)17(25)24-10-8-14(9-11-24)23-18(26)19(20,21)22/h4-7,12-14H,8-11H2,1-3H3,(H,23,26). The van der Waals surface area contributed by atoms with Gasteiger partial charge in [0.05, 0.1) is 0 Å². The summed E-state index contributed by atoms with van der Waals surface area (Å²) in [4.78, 5) is 25.2. The topological polar surface area (TPSA) is 58.6 Å². The molecule has 0 spiro atoms. The third-order valence-corrected chi connectivity index (χ3v) is 4.59. The Labute approximate surface area is 156 Å². The van der Waals surface area contributed by atoms with Crippen molar-refractivity contribution in [3.05, 3.63) is 29.8 Å². The van der Waals surface area contributed by atoms with Crippen LogP contribution in [0, 0.1) is 0 Å². The van der Waals surface area contributed by atoms with Gasteiger partial charge in [0.25, 0.3) is 5.91 Å². The largest absolute Gasteiger partial charge is 0.481 e. The normalized spacial score (nSPS) is 16.9. The van der Waals surface area contributed by atoms with E-state index in [0.717, 1.165) is 5.56 Å². The molecule has 2 rings (SSSR count). The maximum atomic E-state index is 12.6. The molecule has 1 heterocycles. The number of benzene rings is 1. The fraction of sp³-hybridized carbons (Fsp3) is 0.579. The molecule has 1 atom stereocenters. The highest BCUT2D eigenvalue weighted by Crippen LogP contribution is 2.27. The first kappa shape index (κ1) is 21.1. The number of nitrogens with zero attached hydrogens (tertiary/aromatic N) is 1. The number of ether oxygens (including phenoxy) is 1. The van der Waals surface area contributed by atoms with Gasteiger partial charge in [0.15, 0.2) is 6.10 Å². The van der Waals surface area contributed by atoms with Crippen LogP contribution in [0.3, 0.4) is 0 Å². The molecule has 150 valence electrons. The smallest absolute Gasteiger partial charge is 0.471 e. The van der Waals surface area contributed by atoms with Crippen LogP contribution in [-0.2, 0) is 9.59 Å². The Kier molecular flexibility index (Phi) is 6.73. The molecule has 1 aromatic carbocycles. The van der Waals surface area contributed by atoms with Crippen LogP contribution in [0.1, 0.15) is 45.1 Å². The van der Waals surface area contributed by atoms with E-state index in [1.807, 2.05) is 43.4 Å². The molecule has 1 fully saturated rings. The number of nitrogens with one attached hydrogen (secondary N) is 1. The first-order chi connectivity index (χ1) is 12.6. The molecule has 8 heteroatoms. The number of alkyl halides is 3. The van der Waals surface area contributed by atoms with Crippen molar-refractivity contribution in [3.8, 4) is 5.75 Å². The monoisotopic (exact) mass is 386 g/mol. The number of likely N-dealkylation sites (tertiary alicyclic amines) is 1. The summed E-state index contributed by atoms with van der Waals surface area (Å²) in [5, 5.41) is 1.97. The van der Waals surface area contributed by atoms with E-state index in [0.29, 0.717) is 5.75 Å². The van der Waals surface area contributed by atoms with Gasteiger partial charge >= 0.3 is 12.1 Å². The first-order valence-corrected chi connectivity index (χ1v) is 9.01. The number of rotatable bonds is 5. The summed E-state index contributed by atoms with van der Waals surface area (Å²) < 4.78 is 42.8. The molecule has 0 aromatic heterocycles. The van der Waals surface area contributed by atoms with Crippen LogP contribution in [0.15, 0.2) is 24.3 Å². The quantitative estimate of drug-likeness (QED) is 0.845. The molecule has 0 radical (unpaired) electrons. The Morgan fingerprint density at radius 2 is 1.74 bits per heavy atom. The van der Waals surface area contributed by atoms with Crippen molar-refractivity contribution in [1.82, 2.24) is 10.2 Å². The number of piperidine rings is 1. The van der Waals surface area contributed by atoms with E-state index in [1.165, 1.54) is 0 Å². The summed E-state index contributed by atoms with van der Waals surface area (Å²) in [6.07, 6.45) is -5.03. The van der Waals surface area contributed by atoms with E-state index in [2.05, 4.69) is 0 Å². The Morgan fingerprint density at radius 1 is 1.15 bits per heavy atom. The molecule has 1 aromatic rings. The van der Waals surface area contributed by atoms with Crippen molar-refractivity contribution in [2.75, 3.05) is 13.1 Å². The molecule has 1 aliphatic rings. The average molecular weight is 386 g/mol. The van der Waals surface area contributed by atoms with Crippen molar-refractivity contribution >= 4 is 11.8 Å². The lowest BCUT2D eigenvalue weighted by Gasteiger charge is -2.34. The number of hydrogen-bond donors (Lipinski definition) is 1. The van der Waals surface area contributed by atoms with Gasteiger partial charge in [-0.05, 0) is 37.3 Å². The number of carbonyl (C=O) groups is 2. The second-order valence-electron chi connectivity index (χ2n) is 7.02. The van der Waals surface area contributed by atoms with Crippen LogP contribution in [-0.4, -0.2) is 48.1 Å². The van der Waals surface area contributed by atoms with Crippen LogP contribution >= 0.6 is 0 Å². The van der Waals surface area contributed by atoms with E-state index in [4.69, 9.17) is 4.74 Å². The van der Waals surface area contributed by atoms with Crippen LogP contribution in [0.5, 0.6) is 5.75 Å². The molecule has 1 aliphatic heterocycles. The Hall–Kier alpha value is -2.25. The summed E-state index contributed by atoms with van der Waals surface area (Å²) in [7, 11) is 0. The third kappa shape index (κ3) is 5.61. The van der Waals surface area contributed by atoms with Crippen LogP contribution in [0.2, 0.25) is 0 Å². The fourth-order valence-corrected chi connectivity index (χ4v) is 3.07. The maximum Gasteiger partial charge on any atom is 0.471 e. The third-order valence-electron chi connectivity index (χ3n) is 4.59. The second-order valence-corrected chi connectivity index (χ2v) is 7.02. The molecule has 0 saturated carbocycles. The van der Waals surface area contributed by atoms with Crippen molar-refractivity contribution in [1.29, 1.82) is 0 Å². The van der Waals surface area contributed by atoms with Crippen LogP contribution < -0.4 is 10.1 Å². The first-order valence-electron chi connectivity index (χ1n) is 9.01. The van der Waals surface area contributed by atoms with E-state index < -0.39 is 24.2 Å². The van der Waals surface area contributed by atoms with Gasteiger partial charge in [0.2, 0.25) is 0 Å². The number of amides is 2. The summed E-state index contributed by atoms with van der Waals surface area (Å²) in [5.74, 6) is -1.25. The SMILES string of the molecule is CC(Oc1ccccc1C(C)C)C(=O)N1CCC(NC(=O)C(F)(F)F)CC1. The van der Waals surface area contributed by atoms with E-state index >= 15 is 0 Å². The van der Waals surface area contributed by atoms with Gasteiger partial charge < -0.3 is 15.0 Å². The highest BCUT2D eigenvalue weighted by atomic mass is 19.4. The zero-order valence-electron chi connectivity index (χ0n) is 15.7. The summed E-state index contributed by atoms with van der Waals surface area (Å²) in [6, 6.07) is 6.94. The zero-order chi connectivity index (χ0) is 20.2. The van der Waals surface area contributed by atoms with Crippen molar-refractivity contribution in [2.24, 2.45) is 0 Å². The van der Waals surface area contributed by atoms with Gasteiger partial charge in [-0.2, -0.15) is 13.2 Å². The Balaban J connectivity index is 1.89. The number of para-hydroxylation sites is 1. The lowest BCUT2D eigenvalue weighted by molar-refractivity contribution is -0.174. The van der Waals surface area contributed by atoms with Gasteiger partial charge in [-0.25, -0.2) is 0 Å². The van der Waals surface area contributed by atoms with Gasteiger partial charge in [-0.3, -0.25) is 9.59 Å². The fourth-order valence-electron chi connectivity index (χ4n) is 3.07. The molecule has 2 amide bonds. The van der Waals surface area contributed by atoms with E-state index in [1.54, 1.807) is 11.8 Å². The summed E-state index contributed by atoms with van der Waals surface area (Å²) in [6.45, 7) is 6.29. The molecule has 0 aliphatic carbocycles. The Bertz CT molecular complexity index is 668. The van der Waals surface area contributed by atoms with Crippen molar-refractivity contribution in [2.45, 2.75) is 57.9 Å². The van der Waals surface area contributed by atoms with E-state index in [9.17, 15) is 22.8 Å². The molecule has 5 nitrogen and oxygen atoms in total. The highest BCUT2D eigenvalue weighted by molar-refractivity contribution is 5.82. The molecule has 1 N–H and O–H groups in total. The molecule has 1 saturated heterocycles. The average Bonchev–Trinajstić information content (AvgIpc) is 2.61. The number of halogens is 3. The molecular weight excluding hydrogens is 361 g/mol. The predicted molar refractivity (Wildman–Crippen MR) is 94.4 cm³/mol.